The van der Waals surface area contributed by atoms with Gasteiger partial charge in [-0.2, -0.15) is 16.9 Å². The predicted molar refractivity (Wildman–Crippen MR) is 62.9 cm³/mol. The Hall–Kier alpha value is -1.17. The average Bonchev–Trinajstić information content (AvgIpc) is 2.64. The van der Waals surface area contributed by atoms with Gasteiger partial charge in [0.25, 0.3) is 5.91 Å². The first-order chi connectivity index (χ1) is 7.24. The molecule has 0 bridgehead atoms. The summed E-state index contributed by atoms with van der Waals surface area (Å²) in [5.41, 5.74) is 5.80. The summed E-state index contributed by atoms with van der Waals surface area (Å²) < 4.78 is 0. The average molecular weight is 228 g/mol. The van der Waals surface area contributed by atoms with E-state index >= 15 is 0 Å². The number of anilines is 1. The highest BCUT2D eigenvalue weighted by Crippen LogP contribution is 2.01. The number of H-pyrrole nitrogens is 1. The van der Waals surface area contributed by atoms with E-state index in [0.29, 0.717) is 18.1 Å². The van der Waals surface area contributed by atoms with Crippen LogP contribution in [0.15, 0.2) is 6.07 Å². The maximum Gasteiger partial charge on any atom is 0.269 e. The summed E-state index contributed by atoms with van der Waals surface area (Å²) in [5.74, 6) is 1.32. The Labute approximate surface area is 93.2 Å². The third-order valence-electron chi connectivity index (χ3n) is 1.90. The van der Waals surface area contributed by atoms with E-state index in [-0.39, 0.29) is 5.91 Å². The van der Waals surface area contributed by atoms with E-state index in [9.17, 15) is 4.79 Å². The van der Waals surface area contributed by atoms with Crippen LogP contribution in [0, 0.1) is 0 Å². The van der Waals surface area contributed by atoms with E-state index in [1.54, 1.807) is 0 Å². The van der Waals surface area contributed by atoms with Crippen molar-refractivity contribution in [1.29, 1.82) is 0 Å². The molecular formula is C9H16N4OS. The number of nitrogens with one attached hydrogen (secondary N) is 2. The second-order valence-electron chi connectivity index (χ2n) is 3.16. The summed E-state index contributed by atoms with van der Waals surface area (Å²) in [7, 11) is 0. The Morgan fingerprint density at radius 3 is 3.07 bits per heavy atom. The summed E-state index contributed by atoms with van der Waals surface area (Å²) in [4.78, 5) is 11.4. The molecule has 0 saturated carbocycles. The number of thioether (sulfide) groups is 1. The van der Waals surface area contributed by atoms with Crippen molar-refractivity contribution in [2.24, 2.45) is 0 Å². The summed E-state index contributed by atoms with van der Waals surface area (Å²) in [5, 5.41) is 9.05. The quantitative estimate of drug-likeness (QED) is 0.631. The zero-order chi connectivity index (χ0) is 11.1. The van der Waals surface area contributed by atoms with Crippen LogP contribution in [-0.2, 0) is 0 Å². The van der Waals surface area contributed by atoms with E-state index in [1.807, 2.05) is 11.8 Å². The van der Waals surface area contributed by atoms with E-state index in [0.717, 1.165) is 18.6 Å². The highest BCUT2D eigenvalue weighted by Gasteiger charge is 2.06. The van der Waals surface area contributed by atoms with Gasteiger partial charge in [-0.25, -0.2) is 0 Å². The molecule has 1 heterocycles. The minimum atomic E-state index is -0.150. The molecule has 0 aliphatic carbocycles. The highest BCUT2D eigenvalue weighted by atomic mass is 32.2. The minimum Gasteiger partial charge on any atom is -0.382 e. The molecule has 84 valence electrons. The Kier molecular flexibility index (Phi) is 5.03. The van der Waals surface area contributed by atoms with Crippen LogP contribution in [0.1, 0.15) is 23.3 Å². The van der Waals surface area contributed by atoms with Gasteiger partial charge in [0, 0.05) is 12.6 Å². The second kappa shape index (κ2) is 6.34. The SMILES string of the molecule is CSCCCCNC(=O)c1cc(N)n[nH]1. The first-order valence-corrected chi connectivity index (χ1v) is 6.21. The van der Waals surface area contributed by atoms with Crippen LogP contribution in [-0.4, -0.2) is 34.7 Å². The number of aromatic nitrogens is 2. The van der Waals surface area contributed by atoms with Crippen LogP contribution in [0.3, 0.4) is 0 Å². The number of rotatable bonds is 6. The van der Waals surface area contributed by atoms with Crippen molar-refractivity contribution in [3.63, 3.8) is 0 Å². The first-order valence-electron chi connectivity index (χ1n) is 4.82. The molecule has 0 atom stereocenters. The molecular weight excluding hydrogens is 212 g/mol. The van der Waals surface area contributed by atoms with Gasteiger partial charge in [-0.3, -0.25) is 9.89 Å². The van der Waals surface area contributed by atoms with Crippen LogP contribution in [0.5, 0.6) is 0 Å². The number of hydrogen-bond acceptors (Lipinski definition) is 4. The number of nitrogens with zero attached hydrogens (tertiary/aromatic N) is 1. The van der Waals surface area contributed by atoms with Crippen LogP contribution in [0.25, 0.3) is 0 Å². The Morgan fingerprint density at radius 2 is 2.47 bits per heavy atom. The zero-order valence-corrected chi connectivity index (χ0v) is 9.56. The molecule has 1 amide bonds. The fourth-order valence-electron chi connectivity index (χ4n) is 1.12. The molecule has 0 unspecified atom stereocenters. The molecule has 1 aromatic rings. The lowest BCUT2D eigenvalue weighted by molar-refractivity contribution is 0.0948. The Balaban J connectivity index is 2.19. The Morgan fingerprint density at radius 1 is 1.67 bits per heavy atom. The molecule has 0 radical (unpaired) electrons. The van der Waals surface area contributed by atoms with Gasteiger partial charge in [0.05, 0.1) is 0 Å². The van der Waals surface area contributed by atoms with E-state index < -0.39 is 0 Å². The van der Waals surface area contributed by atoms with Crippen LogP contribution < -0.4 is 11.1 Å². The monoisotopic (exact) mass is 228 g/mol. The fourth-order valence-corrected chi connectivity index (χ4v) is 1.61. The summed E-state index contributed by atoms with van der Waals surface area (Å²) in [6.45, 7) is 0.693. The summed E-state index contributed by atoms with van der Waals surface area (Å²) in [6.07, 6.45) is 4.19. The van der Waals surface area contributed by atoms with E-state index in [4.69, 9.17) is 5.73 Å². The maximum absolute atomic E-state index is 11.4. The van der Waals surface area contributed by atoms with E-state index in [1.165, 1.54) is 6.07 Å². The van der Waals surface area contributed by atoms with Crippen molar-refractivity contribution in [1.82, 2.24) is 15.5 Å². The third kappa shape index (κ3) is 4.24. The first kappa shape index (κ1) is 11.9. The van der Waals surface area contributed by atoms with Gasteiger partial charge in [-0.05, 0) is 24.9 Å². The lowest BCUT2D eigenvalue weighted by Crippen LogP contribution is -2.24. The molecule has 0 spiro atoms. The van der Waals surface area contributed by atoms with Gasteiger partial charge in [0.1, 0.15) is 11.5 Å². The number of nitrogens with two attached hydrogens (primary N) is 1. The number of amides is 1. The van der Waals surface area contributed by atoms with Crippen LogP contribution in [0.2, 0.25) is 0 Å². The van der Waals surface area contributed by atoms with Crippen LogP contribution >= 0.6 is 11.8 Å². The molecule has 0 aliphatic rings. The molecule has 1 rings (SSSR count). The van der Waals surface area contributed by atoms with Crippen molar-refractivity contribution in [3.8, 4) is 0 Å². The number of nitrogen functional groups attached to an aromatic ring is 1. The topological polar surface area (TPSA) is 83.8 Å². The van der Waals surface area contributed by atoms with E-state index in [2.05, 4.69) is 21.8 Å². The van der Waals surface area contributed by atoms with Gasteiger partial charge >= 0.3 is 0 Å². The normalized spacial score (nSPS) is 10.2. The molecule has 4 N–H and O–H groups in total. The Bertz CT molecular complexity index is 313. The largest absolute Gasteiger partial charge is 0.382 e. The maximum atomic E-state index is 11.4. The molecule has 0 fully saturated rings. The number of hydrogen-bond donors (Lipinski definition) is 3. The second-order valence-corrected chi connectivity index (χ2v) is 4.15. The number of carbonyl (C=O) groups is 1. The lowest BCUT2D eigenvalue weighted by atomic mass is 10.3. The summed E-state index contributed by atoms with van der Waals surface area (Å²) >= 11 is 1.81. The van der Waals surface area contributed by atoms with Gasteiger partial charge in [0.15, 0.2) is 0 Å². The highest BCUT2D eigenvalue weighted by molar-refractivity contribution is 7.98. The van der Waals surface area contributed by atoms with Crippen molar-refractivity contribution in [3.05, 3.63) is 11.8 Å². The molecule has 0 aromatic carbocycles. The van der Waals surface area contributed by atoms with Gasteiger partial charge in [0.2, 0.25) is 0 Å². The number of unbranched alkanes of at least 4 members (excludes halogenated alkanes) is 1. The van der Waals surface area contributed by atoms with Crippen molar-refractivity contribution < 1.29 is 4.79 Å². The smallest absolute Gasteiger partial charge is 0.269 e. The lowest BCUT2D eigenvalue weighted by Gasteiger charge is -2.02. The van der Waals surface area contributed by atoms with Gasteiger partial charge in [-0.1, -0.05) is 0 Å². The molecule has 5 nitrogen and oxygen atoms in total. The third-order valence-corrected chi connectivity index (χ3v) is 2.60. The summed E-state index contributed by atoms with van der Waals surface area (Å²) in [6, 6.07) is 1.53. The van der Waals surface area contributed by atoms with Crippen molar-refractivity contribution >= 4 is 23.5 Å². The fraction of sp³-hybridized carbons (Fsp3) is 0.556. The standard InChI is InChI=1S/C9H16N4OS/c1-15-5-3-2-4-11-9(14)7-6-8(10)13-12-7/h6H,2-5H2,1H3,(H,11,14)(H3,10,12,13). The predicted octanol–water partition coefficient (Wildman–Crippen LogP) is 0.865. The molecule has 15 heavy (non-hydrogen) atoms. The van der Waals surface area contributed by atoms with Gasteiger partial charge < -0.3 is 11.1 Å². The van der Waals surface area contributed by atoms with Crippen LogP contribution in [0.4, 0.5) is 5.82 Å². The zero-order valence-electron chi connectivity index (χ0n) is 8.75. The van der Waals surface area contributed by atoms with Crippen molar-refractivity contribution in [2.75, 3.05) is 24.3 Å². The van der Waals surface area contributed by atoms with Gasteiger partial charge in [-0.15, -0.1) is 0 Å². The molecule has 0 aliphatic heterocycles. The molecule has 0 saturated heterocycles. The minimum absolute atomic E-state index is 0.150. The number of aromatic amines is 1. The van der Waals surface area contributed by atoms with Crippen molar-refractivity contribution in [2.45, 2.75) is 12.8 Å². The molecule has 6 heteroatoms. The number of carbonyl (C=O) groups excluding carboxylic acids is 1. The molecule has 1 aromatic heterocycles.